The van der Waals surface area contributed by atoms with Gasteiger partial charge in [0.15, 0.2) is 0 Å². The van der Waals surface area contributed by atoms with Crippen molar-refractivity contribution in [3.8, 4) is 0 Å². The molecule has 0 bridgehead atoms. The Morgan fingerprint density at radius 2 is 1.69 bits per heavy atom. The first-order valence-electron chi connectivity index (χ1n) is 6.03. The van der Waals surface area contributed by atoms with Gasteiger partial charge in [0, 0.05) is 6.42 Å². The van der Waals surface area contributed by atoms with Gasteiger partial charge in [0.05, 0.1) is 5.92 Å². The number of Topliss-reactive ketones (excluding diaryl/α,β-unsaturated/α-hetero) is 1. The number of hydrogen-bond acceptors (Lipinski definition) is 2. The van der Waals surface area contributed by atoms with E-state index in [4.69, 9.17) is 0 Å². The van der Waals surface area contributed by atoms with Gasteiger partial charge in [0.25, 0.3) is 0 Å². The van der Waals surface area contributed by atoms with Crippen LogP contribution in [0.4, 0.5) is 8.78 Å². The molecule has 1 aliphatic rings. The highest BCUT2D eigenvalue weighted by Crippen LogP contribution is 2.39. The molecule has 0 heterocycles. The van der Waals surface area contributed by atoms with Gasteiger partial charge in [-0.05, 0) is 19.1 Å². The summed E-state index contributed by atoms with van der Waals surface area (Å²) in [4.78, 5) is 11.7. The van der Waals surface area contributed by atoms with Gasteiger partial charge in [0.2, 0.25) is 0 Å². The van der Waals surface area contributed by atoms with E-state index in [-0.39, 0.29) is 5.78 Å². The fourth-order valence-electron chi connectivity index (χ4n) is 2.19. The van der Waals surface area contributed by atoms with Gasteiger partial charge in [-0.1, -0.05) is 43.9 Å². The zero-order valence-electron chi connectivity index (χ0n) is 9.81. The number of halogens is 2. The summed E-state index contributed by atoms with van der Waals surface area (Å²) in [6.07, 6.45) is 7.84. The van der Waals surface area contributed by atoms with Gasteiger partial charge < -0.3 is 0 Å². The van der Waals surface area contributed by atoms with Crippen LogP contribution in [0.25, 0.3) is 0 Å². The Bertz CT molecular complexity index is 231. The molecule has 1 nitrogen and oxygen atoms in total. The number of carbonyl (C=O) groups excluding carboxylic acids is 1. The summed E-state index contributed by atoms with van der Waals surface area (Å²) in [5, 5.41) is -2.88. The SMILES string of the molecule is CSC(F)(F)C1CCCCCCCCC1=O. The van der Waals surface area contributed by atoms with Crippen LogP contribution in [0.5, 0.6) is 0 Å². The van der Waals surface area contributed by atoms with E-state index >= 15 is 0 Å². The second-order valence-electron chi connectivity index (χ2n) is 4.44. The molecule has 1 fully saturated rings. The van der Waals surface area contributed by atoms with Crippen LogP contribution < -0.4 is 0 Å². The summed E-state index contributed by atoms with van der Waals surface area (Å²) in [6.45, 7) is 0. The molecule has 0 amide bonds. The van der Waals surface area contributed by atoms with Crippen molar-refractivity contribution in [3.63, 3.8) is 0 Å². The van der Waals surface area contributed by atoms with Gasteiger partial charge >= 0.3 is 5.25 Å². The Hall–Kier alpha value is -0.120. The molecule has 0 aromatic carbocycles. The van der Waals surface area contributed by atoms with Gasteiger partial charge in [-0.15, -0.1) is 0 Å². The minimum absolute atomic E-state index is 0.235. The van der Waals surface area contributed by atoms with Gasteiger partial charge in [-0.2, -0.15) is 8.78 Å². The summed E-state index contributed by atoms with van der Waals surface area (Å²) >= 11 is 0.511. The topological polar surface area (TPSA) is 17.1 Å². The normalized spacial score (nSPS) is 25.4. The third-order valence-corrected chi connectivity index (χ3v) is 4.06. The summed E-state index contributed by atoms with van der Waals surface area (Å²) in [7, 11) is 0. The van der Waals surface area contributed by atoms with Crippen molar-refractivity contribution in [1.29, 1.82) is 0 Å². The Balaban J connectivity index is 2.64. The quantitative estimate of drug-likeness (QED) is 0.728. The maximum Gasteiger partial charge on any atom is 0.303 e. The molecule has 1 rings (SSSR count). The number of alkyl halides is 2. The lowest BCUT2D eigenvalue weighted by atomic mass is 9.91. The average molecular weight is 250 g/mol. The lowest BCUT2D eigenvalue weighted by molar-refractivity contribution is -0.130. The first-order valence-corrected chi connectivity index (χ1v) is 7.26. The molecule has 0 aliphatic heterocycles. The summed E-state index contributed by atoms with van der Waals surface area (Å²) in [5.41, 5.74) is 0. The van der Waals surface area contributed by atoms with Crippen LogP contribution >= 0.6 is 11.8 Å². The Morgan fingerprint density at radius 1 is 1.12 bits per heavy atom. The van der Waals surface area contributed by atoms with Crippen molar-refractivity contribution in [2.45, 2.75) is 56.6 Å². The molecule has 0 radical (unpaired) electrons. The van der Waals surface area contributed by atoms with Crippen molar-refractivity contribution in [2.75, 3.05) is 6.26 Å². The van der Waals surface area contributed by atoms with Crippen molar-refractivity contribution in [3.05, 3.63) is 0 Å². The fourth-order valence-corrected chi connectivity index (χ4v) is 2.72. The minimum Gasteiger partial charge on any atom is -0.299 e. The largest absolute Gasteiger partial charge is 0.303 e. The van der Waals surface area contributed by atoms with Crippen LogP contribution in [0, 0.1) is 5.92 Å². The van der Waals surface area contributed by atoms with E-state index in [1.54, 1.807) is 0 Å². The maximum atomic E-state index is 13.6. The first kappa shape index (κ1) is 13.9. The average Bonchev–Trinajstić information content (AvgIpc) is 2.27. The van der Waals surface area contributed by atoms with E-state index in [2.05, 4.69) is 0 Å². The zero-order chi connectivity index (χ0) is 12.0. The molecule has 0 saturated heterocycles. The first-order chi connectivity index (χ1) is 7.58. The molecule has 16 heavy (non-hydrogen) atoms. The van der Waals surface area contributed by atoms with Crippen molar-refractivity contribution in [1.82, 2.24) is 0 Å². The number of carbonyl (C=O) groups is 1. The highest BCUT2D eigenvalue weighted by atomic mass is 32.2. The molecular weight excluding hydrogens is 230 g/mol. The van der Waals surface area contributed by atoms with E-state index in [1.807, 2.05) is 0 Å². The lowest BCUT2D eigenvalue weighted by Crippen LogP contribution is -2.31. The lowest BCUT2D eigenvalue weighted by Gasteiger charge is -2.24. The van der Waals surface area contributed by atoms with Crippen molar-refractivity contribution < 1.29 is 13.6 Å². The predicted molar refractivity (Wildman–Crippen MR) is 63.9 cm³/mol. The van der Waals surface area contributed by atoms with Crippen LogP contribution in [0.15, 0.2) is 0 Å². The number of hydrogen-bond donors (Lipinski definition) is 0. The van der Waals surface area contributed by atoms with Crippen LogP contribution in [0.2, 0.25) is 0 Å². The zero-order valence-corrected chi connectivity index (χ0v) is 10.6. The minimum atomic E-state index is -2.88. The van der Waals surface area contributed by atoms with Crippen LogP contribution in [-0.4, -0.2) is 17.3 Å². The number of thioether (sulfide) groups is 1. The highest BCUT2D eigenvalue weighted by Gasteiger charge is 2.42. The van der Waals surface area contributed by atoms with Crippen LogP contribution in [-0.2, 0) is 4.79 Å². The molecule has 4 heteroatoms. The smallest absolute Gasteiger partial charge is 0.299 e. The van der Waals surface area contributed by atoms with Crippen LogP contribution in [0.1, 0.15) is 51.4 Å². The van der Waals surface area contributed by atoms with Gasteiger partial charge in [0.1, 0.15) is 5.78 Å². The fraction of sp³-hybridized carbons (Fsp3) is 0.917. The van der Waals surface area contributed by atoms with E-state index < -0.39 is 11.2 Å². The second kappa shape index (κ2) is 6.58. The third kappa shape index (κ3) is 4.04. The molecule has 1 atom stereocenters. The molecular formula is C12H20F2OS. The maximum absolute atomic E-state index is 13.6. The van der Waals surface area contributed by atoms with Gasteiger partial charge in [-0.25, -0.2) is 0 Å². The molecule has 1 unspecified atom stereocenters. The van der Waals surface area contributed by atoms with Crippen LogP contribution in [0.3, 0.4) is 0 Å². The van der Waals surface area contributed by atoms with E-state index in [0.717, 1.165) is 38.5 Å². The predicted octanol–water partition coefficient (Wildman–Crippen LogP) is 4.26. The monoisotopic (exact) mass is 250 g/mol. The Morgan fingerprint density at radius 3 is 2.31 bits per heavy atom. The highest BCUT2D eigenvalue weighted by molar-refractivity contribution is 7.99. The van der Waals surface area contributed by atoms with Crippen molar-refractivity contribution >= 4 is 17.5 Å². The molecule has 0 N–H and O–H groups in total. The molecule has 94 valence electrons. The second-order valence-corrected chi connectivity index (χ2v) is 5.40. The Kier molecular flexibility index (Phi) is 5.73. The van der Waals surface area contributed by atoms with E-state index in [0.29, 0.717) is 24.6 Å². The van der Waals surface area contributed by atoms with Crippen molar-refractivity contribution in [2.24, 2.45) is 5.92 Å². The molecule has 0 aromatic heterocycles. The van der Waals surface area contributed by atoms with E-state index in [1.165, 1.54) is 6.26 Å². The molecule has 0 spiro atoms. The number of rotatable bonds is 2. The van der Waals surface area contributed by atoms with Gasteiger partial charge in [-0.3, -0.25) is 4.79 Å². The molecule has 0 aromatic rings. The summed E-state index contributed by atoms with van der Waals surface area (Å²) in [6, 6.07) is 0. The molecule has 1 aliphatic carbocycles. The Labute approximate surface area is 100 Å². The van der Waals surface area contributed by atoms with E-state index in [9.17, 15) is 13.6 Å². The third-order valence-electron chi connectivity index (χ3n) is 3.23. The number of ketones is 1. The molecule has 1 saturated carbocycles. The summed E-state index contributed by atoms with van der Waals surface area (Å²) < 4.78 is 27.2. The summed E-state index contributed by atoms with van der Waals surface area (Å²) in [5.74, 6) is -1.29. The standard InChI is InChI=1S/C12H20F2OS/c1-16-12(13,14)10-8-6-4-2-3-5-7-9-11(10)15/h10H,2-9H2,1H3.